The standard InChI is InChI=1S/C22H18ClNO3S2/c1-4-9-27-20-17(23)10-16(11-18(20)26-3)12-19-21(25)24(22(28)29-19)13-15-7-5-14(2)6-8-15/h1,5-8,10-12H,9,13H2,2-3H3/b19-12-. The molecule has 2 aromatic rings. The second kappa shape index (κ2) is 9.36. The third-order valence-electron chi connectivity index (χ3n) is 4.18. The van der Waals surface area contributed by atoms with Crippen LogP contribution >= 0.6 is 35.6 Å². The largest absolute Gasteiger partial charge is 0.493 e. The smallest absolute Gasteiger partial charge is 0.266 e. The molecular formula is C22H18ClNO3S2. The maximum absolute atomic E-state index is 12.9. The summed E-state index contributed by atoms with van der Waals surface area (Å²) in [6, 6.07) is 11.5. The molecule has 0 unspecified atom stereocenters. The fraction of sp³-hybridized carbons (Fsp3) is 0.182. The summed E-state index contributed by atoms with van der Waals surface area (Å²) >= 11 is 13.0. The van der Waals surface area contributed by atoms with Crippen molar-refractivity contribution in [3.63, 3.8) is 0 Å². The molecule has 0 atom stereocenters. The van der Waals surface area contributed by atoms with E-state index in [1.165, 1.54) is 24.4 Å². The van der Waals surface area contributed by atoms with Crippen molar-refractivity contribution >= 4 is 51.9 Å². The number of thiocarbonyl (C=S) groups is 1. The molecular weight excluding hydrogens is 426 g/mol. The van der Waals surface area contributed by atoms with Crippen LogP contribution in [0.2, 0.25) is 5.02 Å². The average molecular weight is 444 g/mol. The highest BCUT2D eigenvalue weighted by atomic mass is 35.5. The van der Waals surface area contributed by atoms with Gasteiger partial charge in [-0.05, 0) is 36.3 Å². The number of rotatable bonds is 6. The van der Waals surface area contributed by atoms with Crippen LogP contribution < -0.4 is 9.47 Å². The predicted octanol–water partition coefficient (Wildman–Crippen LogP) is 5.07. The Morgan fingerprint density at radius 1 is 1.31 bits per heavy atom. The molecule has 1 saturated heterocycles. The van der Waals surface area contributed by atoms with Crippen LogP contribution in [0.15, 0.2) is 41.3 Å². The summed E-state index contributed by atoms with van der Waals surface area (Å²) in [5.41, 5.74) is 2.89. The molecule has 1 fully saturated rings. The predicted molar refractivity (Wildman–Crippen MR) is 122 cm³/mol. The van der Waals surface area contributed by atoms with Crippen molar-refractivity contribution < 1.29 is 14.3 Å². The number of thioether (sulfide) groups is 1. The fourth-order valence-electron chi connectivity index (χ4n) is 2.74. The number of halogens is 1. The Kier molecular flexibility index (Phi) is 6.86. The van der Waals surface area contributed by atoms with E-state index >= 15 is 0 Å². The lowest BCUT2D eigenvalue weighted by atomic mass is 10.1. The molecule has 1 amide bonds. The molecule has 148 valence electrons. The molecule has 1 heterocycles. The number of carbonyl (C=O) groups is 1. The molecule has 1 aliphatic rings. The van der Waals surface area contributed by atoms with E-state index in [-0.39, 0.29) is 12.5 Å². The summed E-state index contributed by atoms with van der Waals surface area (Å²) in [7, 11) is 1.51. The minimum atomic E-state index is -0.136. The van der Waals surface area contributed by atoms with Crippen molar-refractivity contribution in [2.45, 2.75) is 13.5 Å². The molecule has 0 spiro atoms. The van der Waals surface area contributed by atoms with Crippen LogP contribution in [0.1, 0.15) is 16.7 Å². The van der Waals surface area contributed by atoms with Crippen LogP contribution in [0.4, 0.5) is 0 Å². The zero-order chi connectivity index (χ0) is 21.0. The third-order valence-corrected chi connectivity index (χ3v) is 5.84. The van der Waals surface area contributed by atoms with Crippen LogP contribution in [-0.4, -0.2) is 28.8 Å². The minimum absolute atomic E-state index is 0.0765. The van der Waals surface area contributed by atoms with Crippen LogP contribution in [0.5, 0.6) is 11.5 Å². The Morgan fingerprint density at radius 2 is 2.03 bits per heavy atom. The van der Waals surface area contributed by atoms with Crippen molar-refractivity contribution in [1.29, 1.82) is 0 Å². The molecule has 0 N–H and O–H groups in total. The van der Waals surface area contributed by atoms with Gasteiger partial charge in [0.1, 0.15) is 10.9 Å². The van der Waals surface area contributed by atoms with Crippen molar-refractivity contribution in [2.75, 3.05) is 13.7 Å². The number of aryl methyl sites for hydroxylation is 1. The quantitative estimate of drug-likeness (QED) is 0.354. The second-order valence-electron chi connectivity index (χ2n) is 6.28. The van der Waals surface area contributed by atoms with Crippen LogP contribution in [0.3, 0.4) is 0 Å². The molecule has 1 aliphatic heterocycles. The summed E-state index contributed by atoms with van der Waals surface area (Å²) in [4.78, 5) is 15.0. The highest BCUT2D eigenvalue weighted by Gasteiger charge is 2.32. The molecule has 0 saturated carbocycles. The second-order valence-corrected chi connectivity index (χ2v) is 8.36. The van der Waals surface area contributed by atoms with Crippen molar-refractivity contribution in [3.8, 4) is 23.8 Å². The molecule has 0 aliphatic carbocycles. The van der Waals surface area contributed by atoms with E-state index < -0.39 is 0 Å². The molecule has 0 radical (unpaired) electrons. The Hall–Kier alpha value is -2.46. The molecule has 3 rings (SSSR count). The van der Waals surface area contributed by atoms with Crippen LogP contribution in [-0.2, 0) is 11.3 Å². The van der Waals surface area contributed by atoms with E-state index in [1.54, 1.807) is 23.1 Å². The third kappa shape index (κ3) is 4.94. The molecule has 0 bridgehead atoms. The van der Waals surface area contributed by atoms with Gasteiger partial charge in [0, 0.05) is 0 Å². The lowest BCUT2D eigenvalue weighted by molar-refractivity contribution is -0.122. The SMILES string of the molecule is C#CCOc1c(Cl)cc(/C=C2\SC(=S)N(Cc3ccc(C)cc3)C2=O)cc1OC. The maximum atomic E-state index is 12.9. The van der Waals surface area contributed by atoms with E-state index in [0.29, 0.717) is 37.9 Å². The summed E-state index contributed by atoms with van der Waals surface area (Å²) in [5, 5.41) is 0.348. The lowest BCUT2D eigenvalue weighted by Gasteiger charge is -2.14. The highest BCUT2D eigenvalue weighted by Crippen LogP contribution is 2.39. The highest BCUT2D eigenvalue weighted by molar-refractivity contribution is 8.26. The topological polar surface area (TPSA) is 38.8 Å². The van der Waals surface area contributed by atoms with Gasteiger partial charge in [-0.25, -0.2) is 0 Å². The van der Waals surface area contributed by atoms with E-state index in [0.717, 1.165) is 5.56 Å². The number of hydrogen-bond donors (Lipinski definition) is 0. The fourth-order valence-corrected chi connectivity index (χ4v) is 4.27. The van der Waals surface area contributed by atoms with Gasteiger partial charge < -0.3 is 9.47 Å². The Bertz CT molecular complexity index is 1030. The Morgan fingerprint density at radius 3 is 2.69 bits per heavy atom. The summed E-state index contributed by atoms with van der Waals surface area (Å²) in [6.45, 7) is 2.53. The van der Waals surface area contributed by atoms with Crippen molar-refractivity contribution in [2.24, 2.45) is 0 Å². The molecule has 2 aromatic carbocycles. The monoisotopic (exact) mass is 443 g/mol. The maximum Gasteiger partial charge on any atom is 0.266 e. The first-order chi connectivity index (χ1) is 13.9. The molecule has 7 heteroatoms. The lowest BCUT2D eigenvalue weighted by Crippen LogP contribution is -2.27. The number of nitrogens with zero attached hydrogens (tertiary/aromatic N) is 1. The van der Waals surface area contributed by atoms with Gasteiger partial charge in [0.2, 0.25) is 0 Å². The van der Waals surface area contributed by atoms with Crippen molar-refractivity contribution in [1.82, 2.24) is 4.90 Å². The van der Waals surface area contributed by atoms with Crippen LogP contribution in [0.25, 0.3) is 6.08 Å². The minimum Gasteiger partial charge on any atom is -0.493 e. The first-order valence-electron chi connectivity index (χ1n) is 8.67. The van der Waals surface area contributed by atoms with E-state index in [4.69, 9.17) is 39.7 Å². The first kappa shape index (κ1) is 21.3. The Labute approximate surface area is 184 Å². The van der Waals surface area contributed by atoms with Gasteiger partial charge in [-0.2, -0.15) is 0 Å². The van der Waals surface area contributed by atoms with Gasteiger partial charge in [0.15, 0.2) is 11.5 Å². The Balaban J connectivity index is 1.84. The number of carbonyl (C=O) groups excluding carboxylic acids is 1. The van der Waals surface area contributed by atoms with Crippen LogP contribution in [0, 0.1) is 19.3 Å². The number of ether oxygens (including phenoxy) is 2. The van der Waals surface area contributed by atoms with E-state index in [9.17, 15) is 4.79 Å². The molecule has 29 heavy (non-hydrogen) atoms. The zero-order valence-corrected chi connectivity index (χ0v) is 18.3. The first-order valence-corrected chi connectivity index (χ1v) is 10.3. The summed E-state index contributed by atoms with van der Waals surface area (Å²) < 4.78 is 11.3. The van der Waals surface area contributed by atoms with Gasteiger partial charge in [-0.15, -0.1) is 6.42 Å². The van der Waals surface area contributed by atoms with Crippen molar-refractivity contribution in [3.05, 3.63) is 63.0 Å². The normalized spacial score (nSPS) is 15.0. The number of methoxy groups -OCH3 is 1. The van der Waals surface area contributed by atoms with Gasteiger partial charge in [-0.3, -0.25) is 9.69 Å². The van der Waals surface area contributed by atoms with Gasteiger partial charge >= 0.3 is 0 Å². The van der Waals surface area contributed by atoms with Gasteiger partial charge in [-0.1, -0.05) is 71.3 Å². The number of benzene rings is 2. The zero-order valence-electron chi connectivity index (χ0n) is 15.9. The number of amides is 1. The molecule has 4 nitrogen and oxygen atoms in total. The van der Waals surface area contributed by atoms with Gasteiger partial charge in [0.05, 0.1) is 23.6 Å². The van der Waals surface area contributed by atoms with Gasteiger partial charge in [0.25, 0.3) is 5.91 Å². The number of terminal acetylenes is 1. The summed E-state index contributed by atoms with van der Waals surface area (Å²) in [6.07, 6.45) is 6.98. The number of hydrogen-bond acceptors (Lipinski definition) is 5. The van der Waals surface area contributed by atoms with E-state index in [2.05, 4.69) is 5.92 Å². The average Bonchev–Trinajstić information content (AvgIpc) is 2.95. The molecule has 0 aromatic heterocycles. The van der Waals surface area contributed by atoms with E-state index in [1.807, 2.05) is 31.2 Å². The summed E-state index contributed by atoms with van der Waals surface area (Å²) in [5.74, 6) is 3.07.